The molecule has 1 aromatic carbocycles. The van der Waals surface area contributed by atoms with Gasteiger partial charge in [-0.05, 0) is 12.1 Å². The summed E-state index contributed by atoms with van der Waals surface area (Å²) in [6, 6.07) is 6.33. The minimum Gasteiger partial charge on any atom is -0.271 e. The molecule has 0 atom stereocenters. The average molecular weight is 208 g/mol. The Hall–Kier alpha value is -1.91. The minimum atomic E-state index is -0.410. The molecule has 1 rings (SSSR count). The summed E-state index contributed by atoms with van der Waals surface area (Å²) in [5.74, 6) is 0.976. The van der Waals surface area contributed by atoms with Crippen molar-refractivity contribution in [3.8, 4) is 0 Å². The highest BCUT2D eigenvalue weighted by Crippen LogP contribution is 2.15. The Morgan fingerprint density at radius 2 is 1.80 bits per heavy atom. The lowest BCUT2D eigenvalue weighted by Gasteiger charge is -2.00. The van der Waals surface area contributed by atoms with Gasteiger partial charge in [0.05, 0.1) is 19.0 Å². The van der Waals surface area contributed by atoms with Crippen LogP contribution in [0.3, 0.4) is 0 Å². The minimum absolute atomic E-state index is 0.100. The summed E-state index contributed by atoms with van der Waals surface area (Å²) in [6.45, 7) is 1.93. The van der Waals surface area contributed by atoms with Crippen molar-refractivity contribution in [1.29, 1.82) is 0 Å². The van der Waals surface area contributed by atoms with Gasteiger partial charge < -0.3 is 0 Å². The molecule has 0 aliphatic rings. The molecule has 5 nitrogen and oxygen atoms in total. The van der Waals surface area contributed by atoms with Crippen LogP contribution in [-0.2, 0) is 0 Å². The van der Waals surface area contributed by atoms with E-state index < -0.39 is 4.92 Å². The lowest BCUT2D eigenvalue weighted by Crippen LogP contribution is -2.18. The molecule has 0 unspecified atom stereocenters. The zero-order valence-corrected chi connectivity index (χ0v) is 9.02. The first kappa shape index (κ1) is 11.2. The second kappa shape index (κ2) is 4.54. The number of nitrogens with one attached hydrogen (secondary N) is 1. The van der Waals surface area contributed by atoms with Crippen molar-refractivity contribution in [2.24, 2.45) is 0 Å². The third-order valence-corrected chi connectivity index (χ3v) is 2.07. The van der Waals surface area contributed by atoms with Crippen LogP contribution < -0.4 is 5.32 Å². The van der Waals surface area contributed by atoms with E-state index in [1.54, 1.807) is 12.1 Å². The molecule has 0 fully saturated rings. The van der Waals surface area contributed by atoms with Crippen LogP contribution in [0, 0.1) is 10.1 Å². The first-order valence-corrected chi connectivity index (χ1v) is 4.53. The van der Waals surface area contributed by atoms with E-state index in [0.717, 1.165) is 11.5 Å². The molecule has 0 amide bonds. The zero-order valence-electron chi connectivity index (χ0n) is 9.02. The standard InChI is InChI=1S/C10H13N3O2/c1-8(12(2)3)11-9-4-6-10(7-5-9)13(14)15/h4-7H,1-3H3/p+1. The van der Waals surface area contributed by atoms with E-state index in [9.17, 15) is 10.1 Å². The van der Waals surface area contributed by atoms with E-state index in [1.807, 2.05) is 25.6 Å². The molecular formula is C10H14N3O2+. The fourth-order valence-electron chi connectivity index (χ4n) is 0.987. The van der Waals surface area contributed by atoms with Crippen molar-refractivity contribution in [3.63, 3.8) is 0 Å². The van der Waals surface area contributed by atoms with Crippen LogP contribution in [0.5, 0.6) is 0 Å². The Morgan fingerprint density at radius 3 is 2.20 bits per heavy atom. The van der Waals surface area contributed by atoms with Crippen LogP contribution in [0.1, 0.15) is 6.92 Å². The van der Waals surface area contributed by atoms with Gasteiger partial charge in [0.2, 0.25) is 5.84 Å². The number of benzene rings is 1. The lowest BCUT2D eigenvalue weighted by molar-refractivity contribution is -0.464. The van der Waals surface area contributed by atoms with E-state index in [1.165, 1.54) is 12.1 Å². The van der Waals surface area contributed by atoms with Gasteiger partial charge in [-0.15, -0.1) is 0 Å². The smallest absolute Gasteiger partial charge is 0.269 e. The van der Waals surface area contributed by atoms with Crippen molar-refractivity contribution < 1.29 is 9.50 Å². The topological polar surface area (TPSA) is 58.2 Å². The van der Waals surface area contributed by atoms with E-state index >= 15 is 0 Å². The number of anilines is 1. The molecule has 0 aromatic heterocycles. The fraction of sp³-hybridized carbons (Fsp3) is 0.300. The fourth-order valence-corrected chi connectivity index (χ4v) is 0.987. The SMILES string of the molecule is CC(Nc1ccc([N+](=O)[O-])cc1)=[N+](C)C. The molecule has 0 bridgehead atoms. The highest BCUT2D eigenvalue weighted by molar-refractivity contribution is 5.89. The van der Waals surface area contributed by atoms with Gasteiger partial charge >= 0.3 is 0 Å². The van der Waals surface area contributed by atoms with E-state index in [0.29, 0.717) is 0 Å². The normalized spacial score (nSPS) is 9.53. The van der Waals surface area contributed by atoms with Crippen molar-refractivity contribution in [2.45, 2.75) is 6.92 Å². The maximum atomic E-state index is 10.4. The summed E-state index contributed by atoms with van der Waals surface area (Å²) in [6.07, 6.45) is 0. The van der Waals surface area contributed by atoms with Gasteiger partial charge in [-0.25, -0.2) is 5.32 Å². The largest absolute Gasteiger partial charge is 0.271 e. The molecule has 0 aliphatic heterocycles. The van der Waals surface area contributed by atoms with Gasteiger partial charge in [0, 0.05) is 19.1 Å². The van der Waals surface area contributed by atoms with Gasteiger partial charge in [0.1, 0.15) is 5.69 Å². The van der Waals surface area contributed by atoms with E-state index in [2.05, 4.69) is 5.32 Å². The number of amidine groups is 1. The van der Waals surface area contributed by atoms with Gasteiger partial charge in [-0.1, -0.05) is 0 Å². The summed E-state index contributed by atoms with van der Waals surface area (Å²) in [4.78, 5) is 10.0. The predicted octanol–water partition coefficient (Wildman–Crippen LogP) is 1.70. The zero-order chi connectivity index (χ0) is 11.4. The van der Waals surface area contributed by atoms with Gasteiger partial charge in [0.15, 0.2) is 0 Å². The third-order valence-electron chi connectivity index (χ3n) is 2.07. The van der Waals surface area contributed by atoms with Gasteiger partial charge in [0.25, 0.3) is 5.69 Å². The molecule has 5 heteroatoms. The molecule has 0 saturated heterocycles. The first-order valence-electron chi connectivity index (χ1n) is 4.53. The Labute approximate surface area is 88.2 Å². The van der Waals surface area contributed by atoms with Crippen LogP contribution in [0.15, 0.2) is 24.3 Å². The van der Waals surface area contributed by atoms with E-state index in [-0.39, 0.29) is 5.69 Å². The maximum absolute atomic E-state index is 10.4. The third kappa shape index (κ3) is 3.05. The number of hydrogen-bond donors (Lipinski definition) is 1. The van der Waals surface area contributed by atoms with Crippen LogP contribution in [0.2, 0.25) is 0 Å². The maximum Gasteiger partial charge on any atom is 0.269 e. The van der Waals surface area contributed by atoms with Crippen molar-refractivity contribution in [3.05, 3.63) is 34.4 Å². The van der Waals surface area contributed by atoms with Crippen LogP contribution in [-0.4, -0.2) is 29.4 Å². The molecule has 0 radical (unpaired) electrons. The summed E-state index contributed by atoms with van der Waals surface area (Å²) in [5, 5.41) is 13.5. The molecule has 1 aromatic rings. The molecule has 0 spiro atoms. The Morgan fingerprint density at radius 1 is 1.27 bits per heavy atom. The second-order valence-electron chi connectivity index (χ2n) is 3.41. The Balaban J connectivity index is 2.82. The summed E-state index contributed by atoms with van der Waals surface area (Å²) < 4.78 is 1.93. The molecule has 0 heterocycles. The predicted molar refractivity (Wildman–Crippen MR) is 59.5 cm³/mol. The molecule has 0 saturated carbocycles. The Bertz CT molecular complexity index is 392. The number of nitro benzene ring substituents is 1. The van der Waals surface area contributed by atoms with Gasteiger partial charge in [-0.3, -0.25) is 14.7 Å². The van der Waals surface area contributed by atoms with Crippen LogP contribution >= 0.6 is 0 Å². The molecular weight excluding hydrogens is 194 g/mol. The van der Waals surface area contributed by atoms with Gasteiger partial charge in [-0.2, -0.15) is 0 Å². The highest BCUT2D eigenvalue weighted by Gasteiger charge is 2.07. The van der Waals surface area contributed by atoms with Crippen LogP contribution in [0.4, 0.5) is 11.4 Å². The molecule has 1 N–H and O–H groups in total. The highest BCUT2D eigenvalue weighted by atomic mass is 16.6. The second-order valence-corrected chi connectivity index (χ2v) is 3.41. The summed E-state index contributed by atoms with van der Waals surface area (Å²) in [5.41, 5.74) is 0.940. The Kier molecular flexibility index (Phi) is 3.38. The van der Waals surface area contributed by atoms with E-state index in [4.69, 9.17) is 0 Å². The summed E-state index contributed by atoms with van der Waals surface area (Å²) in [7, 11) is 3.85. The molecule has 0 aliphatic carbocycles. The number of non-ortho nitro benzene ring substituents is 1. The van der Waals surface area contributed by atoms with Crippen LogP contribution in [0.25, 0.3) is 0 Å². The number of nitrogens with zero attached hydrogens (tertiary/aromatic N) is 2. The number of hydrogen-bond acceptors (Lipinski definition) is 2. The molecule has 80 valence electrons. The summed E-state index contributed by atoms with van der Waals surface area (Å²) >= 11 is 0. The quantitative estimate of drug-likeness (QED) is 0.264. The number of nitro groups is 1. The lowest BCUT2D eigenvalue weighted by atomic mass is 10.3. The van der Waals surface area contributed by atoms with Crippen molar-refractivity contribution in [1.82, 2.24) is 0 Å². The first-order chi connectivity index (χ1) is 7.00. The molecule has 15 heavy (non-hydrogen) atoms. The monoisotopic (exact) mass is 208 g/mol. The average Bonchev–Trinajstić information content (AvgIpc) is 2.18. The van der Waals surface area contributed by atoms with Crippen molar-refractivity contribution in [2.75, 3.05) is 19.4 Å². The van der Waals surface area contributed by atoms with Crippen molar-refractivity contribution >= 4 is 17.2 Å². The number of rotatable bonds is 2.